The predicted octanol–water partition coefficient (Wildman–Crippen LogP) is 1.81. The summed E-state index contributed by atoms with van der Waals surface area (Å²) in [6.07, 6.45) is 2.94. The van der Waals surface area contributed by atoms with Gasteiger partial charge in [0.05, 0.1) is 0 Å². The molecular formula is C14H19FN4O. The van der Waals surface area contributed by atoms with Gasteiger partial charge in [-0.2, -0.15) is 5.10 Å². The first-order chi connectivity index (χ1) is 9.58. The lowest BCUT2D eigenvalue weighted by Crippen LogP contribution is -2.21. The molecule has 6 heteroatoms. The van der Waals surface area contributed by atoms with Gasteiger partial charge in [-0.1, -0.05) is 6.92 Å². The van der Waals surface area contributed by atoms with Crippen LogP contribution in [0.3, 0.4) is 0 Å². The van der Waals surface area contributed by atoms with Crippen LogP contribution in [0, 0.1) is 5.82 Å². The molecule has 2 aromatic rings. The van der Waals surface area contributed by atoms with Crippen molar-refractivity contribution in [2.75, 3.05) is 0 Å². The highest BCUT2D eigenvalue weighted by atomic mass is 19.1. The smallest absolute Gasteiger partial charge is 0.164 e. The van der Waals surface area contributed by atoms with Crippen molar-refractivity contribution in [3.8, 4) is 5.75 Å². The van der Waals surface area contributed by atoms with Crippen molar-refractivity contribution in [3.63, 3.8) is 0 Å². The molecule has 0 saturated heterocycles. The van der Waals surface area contributed by atoms with Gasteiger partial charge in [-0.05, 0) is 30.5 Å². The lowest BCUT2D eigenvalue weighted by molar-refractivity contribution is 0.288. The third-order valence-electron chi connectivity index (χ3n) is 3.13. The van der Waals surface area contributed by atoms with Crippen LogP contribution < -0.4 is 10.5 Å². The Morgan fingerprint density at radius 2 is 2.20 bits per heavy atom. The van der Waals surface area contributed by atoms with Crippen LogP contribution in [0.5, 0.6) is 5.75 Å². The summed E-state index contributed by atoms with van der Waals surface area (Å²) in [6, 6.07) is 4.69. The van der Waals surface area contributed by atoms with Crippen molar-refractivity contribution < 1.29 is 9.13 Å². The summed E-state index contributed by atoms with van der Waals surface area (Å²) in [7, 11) is 1.78. The van der Waals surface area contributed by atoms with E-state index in [1.54, 1.807) is 11.7 Å². The maximum absolute atomic E-state index is 13.6. The van der Waals surface area contributed by atoms with E-state index >= 15 is 0 Å². The van der Waals surface area contributed by atoms with Crippen molar-refractivity contribution in [3.05, 3.63) is 41.7 Å². The lowest BCUT2D eigenvalue weighted by atomic mass is 10.0. The summed E-state index contributed by atoms with van der Waals surface area (Å²) >= 11 is 0. The standard InChI is InChI=1S/C14H19FN4O/c1-3-12(16)5-10-4-11(15)7-13(6-10)20-8-14-17-9-18-19(14)2/h4,6-7,9,12H,3,5,8,16H2,1-2H3. The maximum atomic E-state index is 13.6. The maximum Gasteiger partial charge on any atom is 0.164 e. The number of nitrogens with two attached hydrogens (primary N) is 1. The van der Waals surface area contributed by atoms with Crippen LogP contribution >= 0.6 is 0 Å². The monoisotopic (exact) mass is 278 g/mol. The average Bonchev–Trinajstić information content (AvgIpc) is 2.81. The van der Waals surface area contributed by atoms with Gasteiger partial charge in [0, 0.05) is 19.2 Å². The van der Waals surface area contributed by atoms with E-state index < -0.39 is 0 Å². The minimum atomic E-state index is -0.321. The first-order valence-electron chi connectivity index (χ1n) is 6.59. The third-order valence-corrected chi connectivity index (χ3v) is 3.13. The van der Waals surface area contributed by atoms with Crippen molar-refractivity contribution in [2.45, 2.75) is 32.4 Å². The number of halogens is 1. The molecule has 1 unspecified atom stereocenters. The summed E-state index contributed by atoms with van der Waals surface area (Å²) in [6.45, 7) is 2.26. The largest absolute Gasteiger partial charge is 0.486 e. The van der Waals surface area contributed by atoms with Crippen LogP contribution in [0.25, 0.3) is 0 Å². The lowest BCUT2D eigenvalue weighted by Gasteiger charge is -2.11. The molecule has 20 heavy (non-hydrogen) atoms. The molecule has 2 rings (SSSR count). The van der Waals surface area contributed by atoms with E-state index in [1.165, 1.54) is 18.5 Å². The topological polar surface area (TPSA) is 66.0 Å². The number of benzene rings is 1. The van der Waals surface area contributed by atoms with Crippen LogP contribution in [0.1, 0.15) is 24.7 Å². The summed E-state index contributed by atoms with van der Waals surface area (Å²) in [4.78, 5) is 4.05. The van der Waals surface area contributed by atoms with Crippen LogP contribution in [-0.4, -0.2) is 20.8 Å². The van der Waals surface area contributed by atoms with E-state index in [0.29, 0.717) is 18.0 Å². The molecule has 0 amide bonds. The number of hydrogen-bond donors (Lipinski definition) is 1. The summed E-state index contributed by atoms with van der Waals surface area (Å²) in [5.74, 6) is 0.839. The predicted molar refractivity (Wildman–Crippen MR) is 73.7 cm³/mol. The number of ether oxygens (including phenoxy) is 1. The second kappa shape index (κ2) is 6.47. The zero-order valence-electron chi connectivity index (χ0n) is 11.7. The molecule has 0 fully saturated rings. The average molecular weight is 278 g/mol. The second-order valence-corrected chi connectivity index (χ2v) is 4.76. The first-order valence-corrected chi connectivity index (χ1v) is 6.59. The van der Waals surface area contributed by atoms with Gasteiger partial charge >= 0.3 is 0 Å². The van der Waals surface area contributed by atoms with Crippen LogP contribution in [0.15, 0.2) is 24.5 Å². The fourth-order valence-electron chi connectivity index (χ4n) is 1.87. The third kappa shape index (κ3) is 3.77. The molecular weight excluding hydrogens is 259 g/mol. The van der Waals surface area contributed by atoms with E-state index in [0.717, 1.165) is 12.0 Å². The molecule has 1 aromatic carbocycles. The molecule has 0 bridgehead atoms. The molecule has 0 radical (unpaired) electrons. The minimum absolute atomic E-state index is 0.0309. The van der Waals surface area contributed by atoms with E-state index in [4.69, 9.17) is 10.5 Å². The Morgan fingerprint density at radius 3 is 2.85 bits per heavy atom. The molecule has 0 saturated carbocycles. The van der Waals surface area contributed by atoms with Gasteiger partial charge in [0.15, 0.2) is 5.82 Å². The zero-order chi connectivity index (χ0) is 14.5. The van der Waals surface area contributed by atoms with Crippen molar-refractivity contribution in [2.24, 2.45) is 12.8 Å². The number of aryl methyl sites for hydroxylation is 1. The number of aromatic nitrogens is 3. The quantitative estimate of drug-likeness (QED) is 0.875. The van der Waals surface area contributed by atoms with E-state index in [9.17, 15) is 4.39 Å². The van der Waals surface area contributed by atoms with Crippen molar-refractivity contribution >= 4 is 0 Å². The molecule has 1 heterocycles. The molecule has 1 atom stereocenters. The Morgan fingerprint density at radius 1 is 1.40 bits per heavy atom. The second-order valence-electron chi connectivity index (χ2n) is 4.76. The molecule has 108 valence electrons. The molecule has 0 aliphatic heterocycles. The van der Waals surface area contributed by atoms with E-state index in [-0.39, 0.29) is 18.5 Å². The van der Waals surface area contributed by atoms with Gasteiger partial charge in [0.1, 0.15) is 24.5 Å². The molecule has 0 aliphatic carbocycles. The van der Waals surface area contributed by atoms with Crippen LogP contribution in [0.4, 0.5) is 4.39 Å². The molecule has 0 spiro atoms. The highest BCUT2D eigenvalue weighted by Crippen LogP contribution is 2.18. The Labute approximate surface area is 117 Å². The Kier molecular flexibility index (Phi) is 4.68. The van der Waals surface area contributed by atoms with Crippen molar-refractivity contribution in [1.82, 2.24) is 14.8 Å². The first kappa shape index (κ1) is 14.5. The normalized spacial score (nSPS) is 12.4. The summed E-state index contributed by atoms with van der Waals surface area (Å²) in [5.41, 5.74) is 6.73. The minimum Gasteiger partial charge on any atom is -0.486 e. The van der Waals surface area contributed by atoms with Gasteiger partial charge in [-0.25, -0.2) is 9.37 Å². The summed E-state index contributed by atoms with van der Waals surface area (Å²) in [5, 5.41) is 3.95. The number of rotatable bonds is 6. The van der Waals surface area contributed by atoms with Gasteiger partial charge in [0.2, 0.25) is 0 Å². The SMILES string of the molecule is CCC(N)Cc1cc(F)cc(OCc2ncnn2C)c1. The molecule has 0 aliphatic rings. The molecule has 1 aromatic heterocycles. The zero-order valence-corrected chi connectivity index (χ0v) is 11.7. The number of hydrogen-bond acceptors (Lipinski definition) is 4. The Balaban J connectivity index is 2.06. The molecule has 2 N–H and O–H groups in total. The fourth-order valence-corrected chi connectivity index (χ4v) is 1.87. The summed E-state index contributed by atoms with van der Waals surface area (Å²) < 4.78 is 20.8. The molecule has 5 nitrogen and oxygen atoms in total. The highest BCUT2D eigenvalue weighted by molar-refractivity contribution is 5.30. The highest BCUT2D eigenvalue weighted by Gasteiger charge is 2.07. The fraction of sp³-hybridized carbons (Fsp3) is 0.429. The van der Waals surface area contributed by atoms with Crippen LogP contribution in [0.2, 0.25) is 0 Å². The van der Waals surface area contributed by atoms with Crippen molar-refractivity contribution in [1.29, 1.82) is 0 Å². The van der Waals surface area contributed by atoms with Crippen LogP contribution in [-0.2, 0) is 20.1 Å². The van der Waals surface area contributed by atoms with Gasteiger partial charge in [-0.15, -0.1) is 0 Å². The Hall–Kier alpha value is -1.95. The van der Waals surface area contributed by atoms with E-state index in [2.05, 4.69) is 10.1 Å². The van der Waals surface area contributed by atoms with E-state index in [1.807, 2.05) is 13.0 Å². The van der Waals surface area contributed by atoms with Gasteiger partial charge in [0.25, 0.3) is 0 Å². The van der Waals surface area contributed by atoms with Gasteiger partial charge in [-0.3, -0.25) is 4.68 Å². The number of nitrogens with zero attached hydrogens (tertiary/aromatic N) is 3. The Bertz CT molecular complexity index is 570. The van der Waals surface area contributed by atoms with Gasteiger partial charge < -0.3 is 10.5 Å².